The summed E-state index contributed by atoms with van der Waals surface area (Å²) in [6.45, 7) is 5.64. The fourth-order valence-corrected chi connectivity index (χ4v) is 4.11. The molecule has 0 saturated heterocycles. The van der Waals surface area contributed by atoms with Gasteiger partial charge in [-0.1, -0.05) is 29.4 Å². The van der Waals surface area contributed by atoms with Crippen molar-refractivity contribution in [2.45, 2.75) is 25.5 Å². The zero-order valence-corrected chi connectivity index (χ0v) is 18.2. The third-order valence-electron chi connectivity index (χ3n) is 4.71. The quantitative estimate of drug-likeness (QED) is 0.567. The molecule has 0 fully saturated rings. The predicted molar refractivity (Wildman–Crippen MR) is 118 cm³/mol. The third-order valence-corrected chi connectivity index (χ3v) is 6.08. The van der Waals surface area contributed by atoms with Crippen LogP contribution in [0.25, 0.3) is 11.4 Å². The Hall–Kier alpha value is -2.71. The van der Waals surface area contributed by atoms with Crippen LogP contribution in [0.3, 0.4) is 0 Å². The molecule has 0 radical (unpaired) electrons. The summed E-state index contributed by atoms with van der Waals surface area (Å²) in [4.78, 5) is 12.4. The molecule has 9 heteroatoms. The molecule has 7 nitrogen and oxygen atoms in total. The molecule has 4 rings (SSSR count). The molecular weight excluding hydrogens is 424 g/mol. The number of nitrogens with one attached hydrogen (secondary N) is 1. The van der Waals surface area contributed by atoms with E-state index < -0.39 is 0 Å². The molecule has 1 aromatic heterocycles. The number of fused-ring (bicyclic) bond motifs is 1. The van der Waals surface area contributed by atoms with E-state index in [1.165, 1.54) is 11.8 Å². The van der Waals surface area contributed by atoms with Gasteiger partial charge in [-0.3, -0.25) is 4.79 Å². The van der Waals surface area contributed by atoms with Crippen molar-refractivity contribution in [3.05, 3.63) is 47.0 Å². The minimum atomic E-state index is -0.128. The topological polar surface area (TPSA) is 78.3 Å². The zero-order valence-electron chi connectivity index (χ0n) is 16.6. The first-order valence-corrected chi connectivity index (χ1v) is 10.9. The summed E-state index contributed by atoms with van der Waals surface area (Å²) >= 11 is 7.46. The van der Waals surface area contributed by atoms with Crippen molar-refractivity contribution in [1.82, 2.24) is 14.8 Å². The number of hydrogen-bond donors (Lipinski definition) is 1. The lowest BCUT2D eigenvalue weighted by molar-refractivity contribution is -0.113. The van der Waals surface area contributed by atoms with Crippen molar-refractivity contribution in [3.8, 4) is 22.9 Å². The van der Waals surface area contributed by atoms with Crippen LogP contribution in [0.15, 0.2) is 41.6 Å². The van der Waals surface area contributed by atoms with Gasteiger partial charge in [-0.2, -0.15) is 0 Å². The van der Waals surface area contributed by atoms with E-state index in [2.05, 4.69) is 15.5 Å². The van der Waals surface area contributed by atoms with Crippen LogP contribution in [0, 0.1) is 6.92 Å². The van der Waals surface area contributed by atoms with Crippen molar-refractivity contribution in [2.24, 2.45) is 0 Å². The van der Waals surface area contributed by atoms with Crippen LogP contribution in [0.2, 0.25) is 5.02 Å². The van der Waals surface area contributed by atoms with Gasteiger partial charge in [-0.25, -0.2) is 0 Å². The Morgan fingerprint density at radius 2 is 2.00 bits per heavy atom. The number of amides is 1. The van der Waals surface area contributed by atoms with Crippen molar-refractivity contribution in [3.63, 3.8) is 0 Å². The molecular formula is C21H21ClN4O3S. The molecule has 0 unspecified atom stereocenters. The highest BCUT2D eigenvalue weighted by molar-refractivity contribution is 7.99. The molecule has 2 aromatic carbocycles. The second-order valence-corrected chi connectivity index (χ2v) is 8.01. The molecule has 3 aromatic rings. The molecule has 0 aliphatic carbocycles. The van der Waals surface area contributed by atoms with Crippen LogP contribution in [0.4, 0.5) is 5.69 Å². The molecule has 1 aliphatic rings. The van der Waals surface area contributed by atoms with E-state index in [9.17, 15) is 4.79 Å². The summed E-state index contributed by atoms with van der Waals surface area (Å²) in [6.07, 6.45) is 0. The Kier molecular flexibility index (Phi) is 6.15. The molecule has 1 amide bonds. The van der Waals surface area contributed by atoms with Gasteiger partial charge in [-0.15, -0.1) is 10.2 Å². The average molecular weight is 445 g/mol. The van der Waals surface area contributed by atoms with Gasteiger partial charge in [0.05, 0.1) is 5.75 Å². The maximum atomic E-state index is 12.4. The molecule has 0 atom stereocenters. The lowest BCUT2D eigenvalue weighted by Crippen LogP contribution is -2.15. The summed E-state index contributed by atoms with van der Waals surface area (Å²) in [7, 11) is 0. The van der Waals surface area contributed by atoms with Crippen LogP contribution in [-0.2, 0) is 11.3 Å². The molecule has 0 saturated carbocycles. The van der Waals surface area contributed by atoms with E-state index in [0.717, 1.165) is 22.7 Å². The van der Waals surface area contributed by atoms with Gasteiger partial charge in [0.15, 0.2) is 22.5 Å². The summed E-state index contributed by atoms with van der Waals surface area (Å²) < 4.78 is 13.2. The molecule has 1 aliphatic heterocycles. The van der Waals surface area contributed by atoms with Gasteiger partial charge in [0, 0.05) is 22.8 Å². The average Bonchev–Trinajstić information content (AvgIpc) is 3.18. The largest absolute Gasteiger partial charge is 0.486 e. The van der Waals surface area contributed by atoms with Crippen molar-refractivity contribution < 1.29 is 14.3 Å². The van der Waals surface area contributed by atoms with Crippen LogP contribution < -0.4 is 14.8 Å². The Labute approximate surface area is 183 Å². The Morgan fingerprint density at radius 1 is 1.20 bits per heavy atom. The summed E-state index contributed by atoms with van der Waals surface area (Å²) in [6, 6.07) is 11.2. The van der Waals surface area contributed by atoms with Crippen molar-refractivity contribution in [2.75, 3.05) is 24.3 Å². The second kappa shape index (κ2) is 8.97. The van der Waals surface area contributed by atoms with E-state index in [1.54, 1.807) is 6.07 Å². The lowest BCUT2D eigenvalue weighted by Gasteiger charge is -2.18. The number of anilines is 1. The van der Waals surface area contributed by atoms with Gasteiger partial charge in [-0.05, 0) is 49.7 Å². The number of aromatic nitrogens is 3. The van der Waals surface area contributed by atoms with E-state index in [1.807, 2.05) is 48.7 Å². The number of benzene rings is 2. The fourth-order valence-electron chi connectivity index (χ4n) is 3.14. The first-order chi connectivity index (χ1) is 14.6. The molecule has 156 valence electrons. The normalized spacial score (nSPS) is 12.6. The first-order valence-electron chi connectivity index (χ1n) is 9.57. The van der Waals surface area contributed by atoms with Crippen molar-refractivity contribution in [1.29, 1.82) is 0 Å². The second-order valence-electron chi connectivity index (χ2n) is 6.66. The highest BCUT2D eigenvalue weighted by Gasteiger charge is 2.18. The SMILES string of the molecule is CCn1c(SCC(=O)Nc2cccc(Cl)c2C)nnc1-c1ccc2c(c1)OCCO2. The monoisotopic (exact) mass is 444 g/mol. The highest BCUT2D eigenvalue weighted by Crippen LogP contribution is 2.35. The van der Waals surface area contributed by atoms with E-state index >= 15 is 0 Å². The maximum absolute atomic E-state index is 12.4. The van der Waals surface area contributed by atoms with Gasteiger partial charge in [0.25, 0.3) is 0 Å². The molecule has 30 heavy (non-hydrogen) atoms. The standard InChI is InChI=1S/C21H21ClN4O3S/c1-3-26-20(14-7-8-17-18(11-14)29-10-9-28-17)24-25-21(26)30-12-19(27)23-16-6-4-5-15(22)13(16)2/h4-8,11H,3,9-10,12H2,1-2H3,(H,23,27). The molecule has 1 N–H and O–H groups in total. The Balaban J connectivity index is 1.47. The summed E-state index contributed by atoms with van der Waals surface area (Å²) in [5.41, 5.74) is 2.44. The number of thioether (sulfide) groups is 1. The van der Waals surface area contributed by atoms with Gasteiger partial charge in [0.2, 0.25) is 5.91 Å². The number of hydrogen-bond acceptors (Lipinski definition) is 6. The van der Waals surface area contributed by atoms with Crippen LogP contribution in [-0.4, -0.2) is 39.6 Å². The number of nitrogens with zero attached hydrogens (tertiary/aromatic N) is 3. The zero-order chi connectivity index (χ0) is 21.1. The van der Waals surface area contributed by atoms with Gasteiger partial charge < -0.3 is 19.4 Å². The first kappa shape index (κ1) is 20.6. The number of rotatable bonds is 6. The van der Waals surface area contributed by atoms with Gasteiger partial charge in [0.1, 0.15) is 13.2 Å². The maximum Gasteiger partial charge on any atom is 0.234 e. The molecule has 0 bridgehead atoms. The highest BCUT2D eigenvalue weighted by atomic mass is 35.5. The van der Waals surface area contributed by atoms with E-state index in [-0.39, 0.29) is 11.7 Å². The number of ether oxygens (including phenoxy) is 2. The van der Waals surface area contributed by atoms with E-state index in [0.29, 0.717) is 41.4 Å². The minimum Gasteiger partial charge on any atom is -0.486 e. The fraction of sp³-hybridized carbons (Fsp3) is 0.286. The number of carbonyl (C=O) groups excluding carboxylic acids is 1. The Bertz CT molecular complexity index is 1090. The Morgan fingerprint density at radius 3 is 2.80 bits per heavy atom. The van der Waals surface area contributed by atoms with Crippen molar-refractivity contribution >= 4 is 35.0 Å². The third kappa shape index (κ3) is 4.24. The predicted octanol–water partition coefficient (Wildman–Crippen LogP) is 4.43. The van der Waals surface area contributed by atoms with E-state index in [4.69, 9.17) is 21.1 Å². The molecule has 0 spiro atoms. The van der Waals surface area contributed by atoms with Gasteiger partial charge >= 0.3 is 0 Å². The molecule has 2 heterocycles. The van der Waals surface area contributed by atoms with Crippen LogP contribution in [0.5, 0.6) is 11.5 Å². The van der Waals surface area contributed by atoms with Crippen LogP contribution >= 0.6 is 23.4 Å². The lowest BCUT2D eigenvalue weighted by atomic mass is 10.2. The summed E-state index contributed by atoms with van der Waals surface area (Å²) in [5.74, 6) is 2.25. The summed E-state index contributed by atoms with van der Waals surface area (Å²) in [5, 5.41) is 12.8. The minimum absolute atomic E-state index is 0.128. The van der Waals surface area contributed by atoms with Crippen LogP contribution in [0.1, 0.15) is 12.5 Å². The number of carbonyl (C=O) groups is 1. The number of halogens is 1. The smallest absolute Gasteiger partial charge is 0.234 e.